The van der Waals surface area contributed by atoms with Gasteiger partial charge in [0.05, 0.1) is 11.1 Å². The molecule has 0 bridgehead atoms. The Balaban J connectivity index is 2.38. The van der Waals surface area contributed by atoms with Crippen LogP contribution in [-0.4, -0.2) is 16.6 Å². The average Bonchev–Trinajstić information content (AvgIpc) is 2.34. The molecule has 82 valence electrons. The quantitative estimate of drug-likeness (QED) is 0.689. The standard InChI is InChI=1S/C14H9NO2/c1-8-6-12(16)13-10(14(8)17)7-9-4-2-3-5-11(9)15-13/h2-7H,1H3. The third-order valence-corrected chi connectivity index (χ3v) is 2.91. The van der Waals surface area contributed by atoms with Crippen molar-refractivity contribution in [1.82, 2.24) is 4.98 Å². The molecule has 1 heterocycles. The monoisotopic (exact) mass is 223 g/mol. The minimum atomic E-state index is -0.192. The van der Waals surface area contributed by atoms with Crippen molar-refractivity contribution in [3.63, 3.8) is 0 Å². The zero-order chi connectivity index (χ0) is 12.0. The first-order valence-electron chi connectivity index (χ1n) is 5.34. The number of carbonyl (C=O) groups excluding carboxylic acids is 2. The number of allylic oxidation sites excluding steroid dienone is 2. The molecule has 0 saturated carbocycles. The normalized spacial score (nSPS) is 14.8. The Labute approximate surface area is 97.8 Å². The number of ketones is 2. The van der Waals surface area contributed by atoms with E-state index in [0.717, 1.165) is 10.9 Å². The molecule has 17 heavy (non-hydrogen) atoms. The van der Waals surface area contributed by atoms with Gasteiger partial charge in [-0.05, 0) is 25.1 Å². The lowest BCUT2D eigenvalue weighted by Gasteiger charge is -2.12. The second kappa shape index (κ2) is 3.35. The second-order valence-corrected chi connectivity index (χ2v) is 4.10. The number of nitrogens with zero attached hydrogens (tertiary/aromatic N) is 1. The summed E-state index contributed by atoms with van der Waals surface area (Å²) in [5.74, 6) is -0.305. The van der Waals surface area contributed by atoms with Gasteiger partial charge in [0.25, 0.3) is 0 Å². The highest BCUT2D eigenvalue weighted by Gasteiger charge is 2.24. The van der Waals surface area contributed by atoms with Crippen LogP contribution in [0, 0.1) is 0 Å². The molecule has 0 N–H and O–H groups in total. The van der Waals surface area contributed by atoms with Crippen LogP contribution in [0.5, 0.6) is 0 Å². The molecule has 0 saturated heterocycles. The lowest BCUT2D eigenvalue weighted by Crippen LogP contribution is -2.17. The van der Waals surface area contributed by atoms with Gasteiger partial charge in [0.1, 0.15) is 5.69 Å². The zero-order valence-electron chi connectivity index (χ0n) is 9.23. The Morgan fingerprint density at radius 1 is 1.12 bits per heavy atom. The highest BCUT2D eigenvalue weighted by atomic mass is 16.1. The van der Waals surface area contributed by atoms with Gasteiger partial charge in [-0.2, -0.15) is 0 Å². The van der Waals surface area contributed by atoms with Crippen LogP contribution >= 0.6 is 0 Å². The van der Waals surface area contributed by atoms with Crippen LogP contribution in [0.2, 0.25) is 0 Å². The van der Waals surface area contributed by atoms with Crippen molar-refractivity contribution in [3.8, 4) is 0 Å². The van der Waals surface area contributed by atoms with Crippen molar-refractivity contribution in [3.05, 3.63) is 53.2 Å². The van der Waals surface area contributed by atoms with E-state index in [1.54, 1.807) is 13.0 Å². The van der Waals surface area contributed by atoms with Gasteiger partial charge >= 0.3 is 0 Å². The Bertz CT molecular complexity index is 698. The van der Waals surface area contributed by atoms with Crippen molar-refractivity contribution in [2.45, 2.75) is 6.92 Å². The second-order valence-electron chi connectivity index (χ2n) is 4.10. The van der Waals surface area contributed by atoms with Crippen molar-refractivity contribution >= 4 is 22.5 Å². The van der Waals surface area contributed by atoms with Gasteiger partial charge in [-0.25, -0.2) is 4.98 Å². The third-order valence-electron chi connectivity index (χ3n) is 2.91. The van der Waals surface area contributed by atoms with Crippen LogP contribution in [-0.2, 0) is 0 Å². The number of pyridine rings is 1. The predicted molar refractivity (Wildman–Crippen MR) is 64.2 cm³/mol. The van der Waals surface area contributed by atoms with E-state index >= 15 is 0 Å². The summed E-state index contributed by atoms with van der Waals surface area (Å²) < 4.78 is 0. The van der Waals surface area contributed by atoms with Gasteiger partial charge in [-0.1, -0.05) is 18.2 Å². The first-order chi connectivity index (χ1) is 8.16. The van der Waals surface area contributed by atoms with E-state index in [1.807, 2.05) is 24.3 Å². The first-order valence-corrected chi connectivity index (χ1v) is 5.34. The maximum atomic E-state index is 11.9. The molecule has 0 spiro atoms. The summed E-state index contributed by atoms with van der Waals surface area (Å²) in [4.78, 5) is 28.0. The fraction of sp³-hybridized carbons (Fsp3) is 0.0714. The smallest absolute Gasteiger partial charge is 0.205 e. The molecule has 0 aliphatic heterocycles. The number of Topliss-reactive ketones (excluding diaryl/α,β-unsaturated/α-hetero) is 1. The average molecular weight is 223 g/mol. The number of hydrogen-bond acceptors (Lipinski definition) is 3. The fourth-order valence-corrected chi connectivity index (χ4v) is 2.02. The lowest BCUT2D eigenvalue weighted by molar-refractivity contribution is 0.0981. The molecule has 1 aromatic carbocycles. The molecule has 2 aromatic rings. The van der Waals surface area contributed by atoms with E-state index in [9.17, 15) is 9.59 Å². The van der Waals surface area contributed by atoms with Crippen LogP contribution in [0.15, 0.2) is 42.0 Å². The molecule has 0 unspecified atom stereocenters. The molecular weight excluding hydrogens is 214 g/mol. The highest BCUT2D eigenvalue weighted by molar-refractivity contribution is 6.24. The molecule has 3 nitrogen and oxygen atoms in total. The van der Waals surface area contributed by atoms with Crippen LogP contribution in [0.25, 0.3) is 10.9 Å². The van der Waals surface area contributed by atoms with Crippen LogP contribution in [0.1, 0.15) is 27.8 Å². The van der Waals surface area contributed by atoms with E-state index in [-0.39, 0.29) is 17.3 Å². The molecule has 3 rings (SSSR count). The van der Waals surface area contributed by atoms with E-state index in [1.165, 1.54) is 6.08 Å². The Morgan fingerprint density at radius 2 is 1.88 bits per heavy atom. The van der Waals surface area contributed by atoms with Crippen LogP contribution < -0.4 is 0 Å². The molecule has 1 aromatic heterocycles. The summed E-state index contributed by atoms with van der Waals surface area (Å²) in [7, 11) is 0. The Kier molecular flexibility index (Phi) is 1.95. The summed E-state index contributed by atoms with van der Waals surface area (Å²) in [5, 5.41) is 0.877. The summed E-state index contributed by atoms with van der Waals surface area (Å²) >= 11 is 0. The number of benzene rings is 1. The van der Waals surface area contributed by atoms with Gasteiger partial charge in [0.2, 0.25) is 5.78 Å². The Morgan fingerprint density at radius 3 is 2.71 bits per heavy atom. The van der Waals surface area contributed by atoms with Crippen molar-refractivity contribution in [2.75, 3.05) is 0 Å². The lowest BCUT2D eigenvalue weighted by atomic mass is 9.93. The van der Waals surface area contributed by atoms with Gasteiger partial charge in [0, 0.05) is 11.0 Å². The first kappa shape index (κ1) is 9.90. The number of aromatic nitrogens is 1. The van der Waals surface area contributed by atoms with E-state index in [0.29, 0.717) is 11.1 Å². The largest absolute Gasteiger partial charge is 0.289 e. The summed E-state index contributed by atoms with van der Waals surface area (Å²) in [5.41, 5.74) is 1.88. The molecule has 3 heteroatoms. The van der Waals surface area contributed by atoms with Gasteiger partial charge in [-0.3, -0.25) is 9.59 Å². The van der Waals surface area contributed by atoms with Gasteiger partial charge in [0.15, 0.2) is 5.78 Å². The number of carbonyl (C=O) groups is 2. The molecule has 0 atom stereocenters. The number of rotatable bonds is 0. The number of hydrogen-bond donors (Lipinski definition) is 0. The predicted octanol–water partition coefficient (Wildman–Crippen LogP) is 2.56. The van der Waals surface area contributed by atoms with Gasteiger partial charge in [-0.15, -0.1) is 0 Å². The van der Waals surface area contributed by atoms with E-state index in [4.69, 9.17) is 0 Å². The molecule has 1 aliphatic rings. The summed E-state index contributed by atoms with van der Waals surface area (Å²) in [6.45, 7) is 1.65. The minimum absolute atomic E-state index is 0.113. The molecule has 0 radical (unpaired) electrons. The molecule has 1 aliphatic carbocycles. The SMILES string of the molecule is CC1=CC(=O)c2nc3ccccc3cc2C1=O. The van der Waals surface area contributed by atoms with Crippen molar-refractivity contribution in [2.24, 2.45) is 0 Å². The molecule has 0 amide bonds. The number of fused-ring (bicyclic) bond motifs is 2. The van der Waals surface area contributed by atoms with Crippen LogP contribution in [0.3, 0.4) is 0 Å². The summed E-state index contributed by atoms with van der Waals surface area (Å²) in [6, 6.07) is 9.20. The topological polar surface area (TPSA) is 47.0 Å². The maximum absolute atomic E-state index is 11.9. The number of para-hydroxylation sites is 1. The zero-order valence-corrected chi connectivity index (χ0v) is 9.23. The van der Waals surface area contributed by atoms with E-state index < -0.39 is 0 Å². The van der Waals surface area contributed by atoms with Crippen molar-refractivity contribution in [1.29, 1.82) is 0 Å². The fourth-order valence-electron chi connectivity index (χ4n) is 2.02. The van der Waals surface area contributed by atoms with Crippen LogP contribution in [0.4, 0.5) is 0 Å². The molecular formula is C14H9NO2. The molecule has 0 fully saturated rings. The Hall–Kier alpha value is -2.29. The highest BCUT2D eigenvalue weighted by Crippen LogP contribution is 2.23. The maximum Gasteiger partial charge on any atom is 0.205 e. The minimum Gasteiger partial charge on any atom is -0.289 e. The summed E-state index contributed by atoms with van der Waals surface area (Å²) in [6.07, 6.45) is 1.35. The third kappa shape index (κ3) is 1.40. The van der Waals surface area contributed by atoms with E-state index in [2.05, 4.69) is 4.98 Å². The van der Waals surface area contributed by atoms with Crippen molar-refractivity contribution < 1.29 is 9.59 Å². The van der Waals surface area contributed by atoms with Gasteiger partial charge < -0.3 is 0 Å².